The molecule has 0 saturated carbocycles. The molecule has 0 radical (unpaired) electrons. The summed E-state index contributed by atoms with van der Waals surface area (Å²) in [5.74, 6) is 2.42. The molecule has 1 aromatic rings. The SMILES string of the molecule is CCCNc1cc(NC(CO)C(C)C)nc(COC)n1. The number of methoxy groups -OCH3 is 1. The zero-order valence-corrected chi connectivity index (χ0v) is 12.8. The van der Waals surface area contributed by atoms with Gasteiger partial charge in [0.15, 0.2) is 5.82 Å². The van der Waals surface area contributed by atoms with Crippen LogP contribution in [0.15, 0.2) is 6.07 Å². The highest BCUT2D eigenvalue weighted by Crippen LogP contribution is 2.15. The van der Waals surface area contributed by atoms with Gasteiger partial charge >= 0.3 is 0 Å². The molecule has 0 aromatic carbocycles. The molecule has 1 unspecified atom stereocenters. The molecule has 0 spiro atoms. The lowest BCUT2D eigenvalue weighted by Crippen LogP contribution is -2.30. The summed E-state index contributed by atoms with van der Waals surface area (Å²) in [5.41, 5.74) is 0. The number of rotatable bonds is 9. The molecule has 1 aromatic heterocycles. The van der Waals surface area contributed by atoms with Crippen LogP contribution in [-0.4, -0.2) is 41.4 Å². The summed E-state index contributed by atoms with van der Waals surface area (Å²) in [5, 5.41) is 15.9. The maximum atomic E-state index is 9.39. The molecular weight excluding hydrogens is 256 g/mol. The second-order valence-electron chi connectivity index (χ2n) is 5.09. The molecule has 0 fully saturated rings. The van der Waals surface area contributed by atoms with Crippen molar-refractivity contribution in [3.63, 3.8) is 0 Å². The van der Waals surface area contributed by atoms with Crippen molar-refractivity contribution in [2.45, 2.75) is 39.8 Å². The van der Waals surface area contributed by atoms with Gasteiger partial charge in [-0.25, -0.2) is 9.97 Å². The van der Waals surface area contributed by atoms with Crippen molar-refractivity contribution in [3.05, 3.63) is 11.9 Å². The smallest absolute Gasteiger partial charge is 0.158 e. The molecule has 0 aliphatic carbocycles. The third-order valence-electron chi connectivity index (χ3n) is 2.94. The van der Waals surface area contributed by atoms with Gasteiger partial charge in [-0.3, -0.25) is 0 Å². The van der Waals surface area contributed by atoms with E-state index in [1.54, 1.807) is 7.11 Å². The molecule has 0 saturated heterocycles. The number of aliphatic hydroxyl groups excluding tert-OH is 1. The highest BCUT2D eigenvalue weighted by Gasteiger charge is 2.13. The fraction of sp³-hybridized carbons (Fsp3) is 0.714. The molecule has 0 aliphatic rings. The van der Waals surface area contributed by atoms with Crippen LogP contribution in [0.2, 0.25) is 0 Å². The molecule has 6 heteroatoms. The van der Waals surface area contributed by atoms with Gasteiger partial charge in [-0.1, -0.05) is 20.8 Å². The minimum atomic E-state index is -0.0284. The lowest BCUT2D eigenvalue weighted by molar-refractivity contribution is 0.178. The Hall–Kier alpha value is -1.40. The van der Waals surface area contributed by atoms with Crippen LogP contribution < -0.4 is 10.6 Å². The number of nitrogens with one attached hydrogen (secondary N) is 2. The van der Waals surface area contributed by atoms with E-state index in [1.165, 1.54) is 0 Å². The number of hydrogen-bond donors (Lipinski definition) is 3. The van der Waals surface area contributed by atoms with E-state index in [0.29, 0.717) is 24.2 Å². The molecule has 6 nitrogen and oxygen atoms in total. The molecule has 1 atom stereocenters. The maximum Gasteiger partial charge on any atom is 0.158 e. The zero-order valence-electron chi connectivity index (χ0n) is 12.8. The van der Waals surface area contributed by atoms with Gasteiger partial charge in [0, 0.05) is 19.7 Å². The van der Waals surface area contributed by atoms with Crippen LogP contribution >= 0.6 is 0 Å². The van der Waals surface area contributed by atoms with E-state index in [9.17, 15) is 5.11 Å². The average Bonchev–Trinajstić information content (AvgIpc) is 2.42. The zero-order chi connectivity index (χ0) is 15.0. The standard InChI is InChI=1S/C14H26N4O2/c1-5-6-15-12-7-13(16-11(8-19)10(2)3)18-14(17-12)9-20-4/h7,10-11,19H,5-6,8-9H2,1-4H3,(H2,15,16,17,18). The monoisotopic (exact) mass is 282 g/mol. The van der Waals surface area contributed by atoms with Gasteiger partial charge in [-0.2, -0.15) is 0 Å². The lowest BCUT2D eigenvalue weighted by atomic mass is 10.1. The van der Waals surface area contributed by atoms with E-state index >= 15 is 0 Å². The Morgan fingerprint density at radius 3 is 2.55 bits per heavy atom. The maximum absolute atomic E-state index is 9.39. The van der Waals surface area contributed by atoms with Crippen molar-refractivity contribution in [3.8, 4) is 0 Å². The lowest BCUT2D eigenvalue weighted by Gasteiger charge is -2.21. The molecule has 114 valence electrons. The van der Waals surface area contributed by atoms with E-state index in [4.69, 9.17) is 4.74 Å². The van der Waals surface area contributed by atoms with E-state index in [-0.39, 0.29) is 12.6 Å². The summed E-state index contributed by atoms with van der Waals surface area (Å²) in [4.78, 5) is 8.79. The van der Waals surface area contributed by atoms with Gasteiger partial charge in [0.25, 0.3) is 0 Å². The predicted octanol–water partition coefficient (Wildman–Crippen LogP) is 1.87. The van der Waals surface area contributed by atoms with Gasteiger partial charge < -0.3 is 20.5 Å². The van der Waals surface area contributed by atoms with Crippen LogP contribution in [-0.2, 0) is 11.3 Å². The van der Waals surface area contributed by atoms with Crippen LogP contribution in [0.1, 0.15) is 33.0 Å². The Bertz CT molecular complexity index is 399. The summed E-state index contributed by atoms with van der Waals surface area (Å²) in [7, 11) is 1.62. The minimum absolute atomic E-state index is 0.0284. The molecule has 1 rings (SSSR count). The number of anilines is 2. The average molecular weight is 282 g/mol. The largest absolute Gasteiger partial charge is 0.394 e. The quantitative estimate of drug-likeness (QED) is 0.642. The summed E-state index contributed by atoms with van der Waals surface area (Å²) >= 11 is 0. The van der Waals surface area contributed by atoms with E-state index in [1.807, 2.05) is 6.07 Å². The van der Waals surface area contributed by atoms with Crippen LogP contribution in [0.3, 0.4) is 0 Å². The summed E-state index contributed by atoms with van der Waals surface area (Å²) < 4.78 is 5.09. The highest BCUT2D eigenvalue weighted by atomic mass is 16.5. The van der Waals surface area contributed by atoms with Crippen LogP contribution in [0.4, 0.5) is 11.6 Å². The number of aromatic nitrogens is 2. The Morgan fingerprint density at radius 2 is 2.00 bits per heavy atom. The van der Waals surface area contributed by atoms with Crippen molar-refractivity contribution in [1.29, 1.82) is 0 Å². The first kappa shape index (κ1) is 16.7. The first-order valence-electron chi connectivity index (χ1n) is 7.08. The summed E-state index contributed by atoms with van der Waals surface area (Å²) in [6.45, 7) is 7.50. The Labute approximate surface area is 121 Å². The molecule has 0 aliphatic heterocycles. The second-order valence-corrected chi connectivity index (χ2v) is 5.09. The third-order valence-corrected chi connectivity index (χ3v) is 2.94. The van der Waals surface area contributed by atoms with Crippen molar-refractivity contribution in [1.82, 2.24) is 9.97 Å². The van der Waals surface area contributed by atoms with E-state index in [0.717, 1.165) is 18.8 Å². The van der Waals surface area contributed by atoms with Gasteiger partial charge in [-0.05, 0) is 12.3 Å². The number of aliphatic hydroxyl groups is 1. The molecule has 3 N–H and O–H groups in total. The highest BCUT2D eigenvalue weighted by molar-refractivity contribution is 5.48. The number of hydrogen-bond acceptors (Lipinski definition) is 6. The summed E-state index contributed by atoms with van der Waals surface area (Å²) in [6.07, 6.45) is 1.03. The summed E-state index contributed by atoms with van der Waals surface area (Å²) in [6, 6.07) is 1.83. The third kappa shape index (κ3) is 5.30. The molecule has 0 amide bonds. The Balaban J connectivity index is 2.89. The van der Waals surface area contributed by atoms with Gasteiger partial charge in [0.05, 0.1) is 12.6 Å². The topological polar surface area (TPSA) is 79.3 Å². The molecule has 0 bridgehead atoms. The fourth-order valence-corrected chi connectivity index (χ4v) is 1.72. The van der Waals surface area contributed by atoms with Crippen LogP contribution in [0, 0.1) is 5.92 Å². The van der Waals surface area contributed by atoms with Crippen LogP contribution in [0.5, 0.6) is 0 Å². The van der Waals surface area contributed by atoms with Gasteiger partial charge in [-0.15, -0.1) is 0 Å². The molecular formula is C14H26N4O2. The second kappa shape index (κ2) is 8.71. The number of nitrogens with zero attached hydrogens (tertiary/aromatic N) is 2. The fourth-order valence-electron chi connectivity index (χ4n) is 1.72. The van der Waals surface area contributed by atoms with Crippen molar-refractivity contribution in [2.24, 2.45) is 5.92 Å². The Kier molecular flexibility index (Phi) is 7.25. The van der Waals surface area contributed by atoms with Crippen molar-refractivity contribution < 1.29 is 9.84 Å². The van der Waals surface area contributed by atoms with Crippen molar-refractivity contribution >= 4 is 11.6 Å². The normalized spacial score (nSPS) is 12.5. The number of ether oxygens (including phenoxy) is 1. The Morgan fingerprint density at radius 1 is 1.30 bits per heavy atom. The first-order valence-corrected chi connectivity index (χ1v) is 7.08. The molecule has 1 heterocycles. The van der Waals surface area contributed by atoms with Gasteiger partial charge in [0.2, 0.25) is 0 Å². The van der Waals surface area contributed by atoms with Crippen LogP contribution in [0.25, 0.3) is 0 Å². The van der Waals surface area contributed by atoms with E-state index in [2.05, 4.69) is 41.4 Å². The van der Waals surface area contributed by atoms with Crippen molar-refractivity contribution in [2.75, 3.05) is 30.9 Å². The molecule has 20 heavy (non-hydrogen) atoms. The predicted molar refractivity (Wildman–Crippen MR) is 80.9 cm³/mol. The van der Waals surface area contributed by atoms with Gasteiger partial charge in [0.1, 0.15) is 18.2 Å². The minimum Gasteiger partial charge on any atom is -0.394 e. The first-order chi connectivity index (χ1) is 9.60. The van der Waals surface area contributed by atoms with E-state index < -0.39 is 0 Å².